The Labute approximate surface area is 170 Å². The van der Waals surface area contributed by atoms with Crippen molar-refractivity contribution in [3.8, 4) is 5.88 Å². The lowest BCUT2D eigenvalue weighted by molar-refractivity contribution is -0.137. The van der Waals surface area contributed by atoms with Crippen molar-refractivity contribution >= 4 is 23.4 Å². The summed E-state index contributed by atoms with van der Waals surface area (Å²) in [7, 11) is 1.80. The number of aryl methyl sites for hydroxylation is 1. The van der Waals surface area contributed by atoms with Gasteiger partial charge in [0.25, 0.3) is 0 Å². The molecule has 0 aromatic carbocycles. The summed E-state index contributed by atoms with van der Waals surface area (Å²) in [5, 5.41) is 6.07. The molecule has 2 aromatic heterocycles. The highest BCUT2D eigenvalue weighted by atomic mass is 19.4. The number of anilines is 3. The third-order valence-electron chi connectivity index (χ3n) is 5.18. The number of pyridine rings is 1. The van der Waals surface area contributed by atoms with Crippen LogP contribution in [0.25, 0.3) is 0 Å². The molecule has 11 heteroatoms. The Morgan fingerprint density at radius 2 is 2.10 bits per heavy atom. The molecular formula is C19H21F3N6O2. The van der Waals surface area contributed by atoms with Crippen LogP contribution in [0.1, 0.15) is 24.1 Å². The number of nitrogens with zero attached hydrogens (tertiary/aromatic N) is 4. The number of fused-ring (bicyclic) bond motifs is 1. The lowest BCUT2D eigenvalue weighted by Crippen LogP contribution is -2.40. The van der Waals surface area contributed by atoms with Gasteiger partial charge in [0, 0.05) is 25.4 Å². The van der Waals surface area contributed by atoms with E-state index in [1.165, 1.54) is 0 Å². The van der Waals surface area contributed by atoms with Crippen molar-refractivity contribution in [1.29, 1.82) is 0 Å². The molecule has 0 radical (unpaired) electrons. The van der Waals surface area contributed by atoms with Crippen molar-refractivity contribution in [1.82, 2.24) is 15.0 Å². The van der Waals surface area contributed by atoms with Crippen molar-refractivity contribution in [3.05, 3.63) is 29.6 Å². The van der Waals surface area contributed by atoms with Gasteiger partial charge in [0.1, 0.15) is 5.69 Å². The molecule has 2 aromatic rings. The molecule has 4 rings (SSSR count). The Morgan fingerprint density at radius 1 is 1.33 bits per heavy atom. The average molecular weight is 422 g/mol. The fraction of sp³-hybridized carbons (Fsp3) is 0.474. The number of carbonyl (C=O) groups excluding carboxylic acids is 1. The number of hydrogen-bond acceptors (Lipinski definition) is 7. The Hall–Kier alpha value is -3.11. The zero-order valence-electron chi connectivity index (χ0n) is 16.5. The van der Waals surface area contributed by atoms with Crippen LogP contribution in [0.4, 0.5) is 30.6 Å². The first-order valence-corrected chi connectivity index (χ1v) is 9.51. The predicted octanol–water partition coefficient (Wildman–Crippen LogP) is 2.86. The van der Waals surface area contributed by atoms with Crippen molar-refractivity contribution < 1.29 is 22.7 Å². The van der Waals surface area contributed by atoms with Gasteiger partial charge < -0.3 is 20.3 Å². The van der Waals surface area contributed by atoms with Crippen molar-refractivity contribution in [3.63, 3.8) is 0 Å². The van der Waals surface area contributed by atoms with Gasteiger partial charge in [0.2, 0.25) is 17.7 Å². The minimum atomic E-state index is -4.42. The molecule has 1 aliphatic heterocycles. The first-order chi connectivity index (χ1) is 14.2. The molecule has 30 heavy (non-hydrogen) atoms. The van der Waals surface area contributed by atoms with Gasteiger partial charge in [-0.1, -0.05) is 0 Å². The summed E-state index contributed by atoms with van der Waals surface area (Å²) in [5.74, 6) is 1.23. The first-order valence-electron chi connectivity index (χ1n) is 9.51. The number of alkyl halides is 3. The maximum atomic E-state index is 12.8. The van der Waals surface area contributed by atoms with Crippen LogP contribution in [0.15, 0.2) is 18.3 Å². The summed E-state index contributed by atoms with van der Waals surface area (Å²) in [6, 6.07) is 1.97. The Bertz CT molecular complexity index is 962. The highest BCUT2D eigenvalue weighted by Gasteiger charge is 2.33. The molecule has 3 heterocycles. The second kappa shape index (κ2) is 7.62. The Balaban J connectivity index is 1.30. The van der Waals surface area contributed by atoms with Gasteiger partial charge in [-0.25, -0.2) is 9.97 Å². The van der Waals surface area contributed by atoms with E-state index in [-0.39, 0.29) is 30.3 Å². The van der Waals surface area contributed by atoms with E-state index in [1.54, 1.807) is 11.9 Å². The lowest BCUT2D eigenvalue weighted by Gasteiger charge is -2.36. The topological polar surface area (TPSA) is 92.3 Å². The number of amides is 1. The predicted molar refractivity (Wildman–Crippen MR) is 104 cm³/mol. The molecule has 2 N–H and O–H groups in total. The molecule has 0 spiro atoms. The standard InChI is InChI=1S/C19H21F3N6O2/c1-10-16-17(28(2)8-14(29)26-16)27-18(24-10)25-13-5-11(6-13)9-30-15-7-12(3-4-23-15)19(20,21)22/h3-4,7,11,13H,5-6,8-9H2,1-2H3,(H,26,29)(H,24,25,27). The maximum Gasteiger partial charge on any atom is 0.416 e. The minimum Gasteiger partial charge on any atom is -0.477 e. The third kappa shape index (κ3) is 4.24. The zero-order valence-corrected chi connectivity index (χ0v) is 16.5. The van der Waals surface area contributed by atoms with Crippen LogP contribution in [-0.4, -0.2) is 47.1 Å². The van der Waals surface area contributed by atoms with Gasteiger partial charge in [-0.3, -0.25) is 4.79 Å². The monoisotopic (exact) mass is 422 g/mol. The number of ether oxygens (including phenoxy) is 1. The van der Waals surface area contributed by atoms with Gasteiger partial charge in [0.05, 0.1) is 24.4 Å². The molecule has 1 fully saturated rings. The van der Waals surface area contributed by atoms with E-state index in [0.29, 0.717) is 29.8 Å². The van der Waals surface area contributed by atoms with Crippen molar-refractivity contribution in [2.45, 2.75) is 32.0 Å². The van der Waals surface area contributed by atoms with Crippen LogP contribution in [0, 0.1) is 12.8 Å². The highest BCUT2D eigenvalue weighted by molar-refractivity contribution is 6.00. The fourth-order valence-corrected chi connectivity index (χ4v) is 3.55. The van der Waals surface area contributed by atoms with Gasteiger partial charge in [-0.2, -0.15) is 18.2 Å². The van der Waals surface area contributed by atoms with Crippen molar-refractivity contribution in [2.75, 3.05) is 35.7 Å². The number of rotatable bonds is 5. The molecule has 0 atom stereocenters. The van der Waals surface area contributed by atoms with Crippen LogP contribution in [0.5, 0.6) is 5.88 Å². The molecule has 0 saturated heterocycles. The summed E-state index contributed by atoms with van der Waals surface area (Å²) < 4.78 is 43.7. The van der Waals surface area contributed by atoms with Gasteiger partial charge >= 0.3 is 6.18 Å². The van der Waals surface area contributed by atoms with Gasteiger partial charge in [0.15, 0.2) is 5.82 Å². The molecule has 160 valence electrons. The molecular weight excluding hydrogens is 401 g/mol. The lowest BCUT2D eigenvalue weighted by atomic mass is 9.81. The van der Waals surface area contributed by atoms with E-state index in [2.05, 4.69) is 25.6 Å². The molecule has 0 bridgehead atoms. The summed E-state index contributed by atoms with van der Waals surface area (Å²) in [5.41, 5.74) is 0.520. The molecule has 1 aliphatic carbocycles. The quantitative estimate of drug-likeness (QED) is 0.766. The van der Waals surface area contributed by atoms with Crippen LogP contribution in [-0.2, 0) is 11.0 Å². The van der Waals surface area contributed by atoms with E-state index >= 15 is 0 Å². The number of aromatic nitrogens is 3. The number of carbonyl (C=O) groups is 1. The van der Waals surface area contributed by atoms with Crippen LogP contribution < -0.4 is 20.3 Å². The van der Waals surface area contributed by atoms with Crippen molar-refractivity contribution in [2.24, 2.45) is 5.92 Å². The average Bonchev–Trinajstić information content (AvgIpc) is 2.64. The van der Waals surface area contributed by atoms with E-state index in [4.69, 9.17) is 4.74 Å². The summed E-state index contributed by atoms with van der Waals surface area (Å²) in [4.78, 5) is 26.2. The fourth-order valence-electron chi connectivity index (χ4n) is 3.55. The molecule has 1 amide bonds. The SMILES string of the molecule is Cc1nc(NC2CC(COc3cc(C(F)(F)F)ccn3)C2)nc2c1NC(=O)CN2C. The summed E-state index contributed by atoms with van der Waals surface area (Å²) in [6.45, 7) is 2.34. The van der Waals surface area contributed by atoms with Crippen LogP contribution in [0.2, 0.25) is 0 Å². The first kappa shape index (κ1) is 20.2. The highest BCUT2D eigenvalue weighted by Crippen LogP contribution is 2.34. The van der Waals surface area contributed by atoms with E-state index in [1.807, 2.05) is 6.92 Å². The molecule has 2 aliphatic rings. The Kier molecular flexibility index (Phi) is 5.12. The number of halogens is 3. The van der Waals surface area contributed by atoms with Crippen LogP contribution >= 0.6 is 0 Å². The second-order valence-corrected chi connectivity index (χ2v) is 7.61. The number of hydrogen-bond donors (Lipinski definition) is 2. The summed E-state index contributed by atoms with van der Waals surface area (Å²) >= 11 is 0. The second-order valence-electron chi connectivity index (χ2n) is 7.61. The molecule has 1 saturated carbocycles. The minimum absolute atomic E-state index is 0.0278. The Morgan fingerprint density at radius 3 is 2.83 bits per heavy atom. The third-order valence-corrected chi connectivity index (χ3v) is 5.18. The number of likely N-dealkylation sites (N-methyl/N-ethyl adjacent to an activating group) is 1. The summed E-state index contributed by atoms with van der Waals surface area (Å²) in [6.07, 6.45) is -1.76. The van der Waals surface area contributed by atoms with E-state index in [9.17, 15) is 18.0 Å². The van der Waals surface area contributed by atoms with Gasteiger partial charge in [-0.05, 0) is 31.7 Å². The molecule has 0 unspecified atom stereocenters. The number of nitrogens with one attached hydrogen (secondary N) is 2. The normalized spacial score (nSPS) is 20.8. The smallest absolute Gasteiger partial charge is 0.416 e. The van der Waals surface area contributed by atoms with E-state index in [0.717, 1.165) is 31.2 Å². The van der Waals surface area contributed by atoms with Gasteiger partial charge in [-0.15, -0.1) is 0 Å². The largest absolute Gasteiger partial charge is 0.477 e. The zero-order chi connectivity index (χ0) is 21.5. The maximum absolute atomic E-state index is 12.8. The van der Waals surface area contributed by atoms with Crippen LogP contribution in [0.3, 0.4) is 0 Å². The molecule has 8 nitrogen and oxygen atoms in total. The van der Waals surface area contributed by atoms with E-state index < -0.39 is 11.7 Å².